The van der Waals surface area contributed by atoms with Gasteiger partial charge in [0.05, 0.1) is 0 Å². The zero-order valence-electron chi connectivity index (χ0n) is 9.88. The van der Waals surface area contributed by atoms with Gasteiger partial charge < -0.3 is 0 Å². The average Bonchev–Trinajstić information content (AvgIpc) is 2.31. The fourth-order valence-corrected chi connectivity index (χ4v) is 3.02. The smallest absolute Gasteiger partial charge is 0.167 e. The summed E-state index contributed by atoms with van der Waals surface area (Å²) < 4.78 is 13.9. The standard InChI is InChI=1S/C14H16BrFO/c1-9-3-2-4-10(7-9)14(17)12-8-11(16)5-6-13(12)15/h5-6,8-10H,2-4,7H2,1H3. The average molecular weight is 299 g/mol. The summed E-state index contributed by atoms with van der Waals surface area (Å²) in [5, 5.41) is 0. The van der Waals surface area contributed by atoms with E-state index in [0.717, 1.165) is 19.3 Å². The fourth-order valence-electron chi connectivity index (χ4n) is 2.58. The molecule has 92 valence electrons. The molecule has 0 saturated heterocycles. The minimum Gasteiger partial charge on any atom is -0.294 e. The van der Waals surface area contributed by atoms with Crippen LogP contribution >= 0.6 is 15.9 Å². The first-order valence-corrected chi connectivity index (χ1v) is 6.86. The normalized spacial score (nSPS) is 24.6. The molecule has 0 heterocycles. The molecule has 1 aromatic carbocycles. The molecule has 0 N–H and O–H groups in total. The minimum absolute atomic E-state index is 0.0665. The van der Waals surface area contributed by atoms with Gasteiger partial charge in [0.15, 0.2) is 5.78 Å². The van der Waals surface area contributed by atoms with Crippen LogP contribution in [0.3, 0.4) is 0 Å². The van der Waals surface area contributed by atoms with Gasteiger partial charge in [-0.2, -0.15) is 0 Å². The van der Waals surface area contributed by atoms with E-state index in [4.69, 9.17) is 0 Å². The van der Waals surface area contributed by atoms with E-state index in [0.29, 0.717) is 16.0 Å². The van der Waals surface area contributed by atoms with Gasteiger partial charge in [-0.25, -0.2) is 4.39 Å². The highest BCUT2D eigenvalue weighted by atomic mass is 79.9. The van der Waals surface area contributed by atoms with Gasteiger partial charge in [-0.3, -0.25) is 4.79 Å². The van der Waals surface area contributed by atoms with Gasteiger partial charge in [0.1, 0.15) is 5.82 Å². The molecular weight excluding hydrogens is 283 g/mol. The first kappa shape index (κ1) is 12.7. The Hall–Kier alpha value is -0.700. The molecule has 1 aliphatic rings. The quantitative estimate of drug-likeness (QED) is 0.730. The van der Waals surface area contributed by atoms with Gasteiger partial charge in [-0.05, 0) is 37.0 Å². The van der Waals surface area contributed by atoms with Crippen molar-refractivity contribution in [1.82, 2.24) is 0 Å². The van der Waals surface area contributed by atoms with Gasteiger partial charge >= 0.3 is 0 Å². The minimum atomic E-state index is -0.347. The first-order valence-electron chi connectivity index (χ1n) is 6.07. The van der Waals surface area contributed by atoms with Crippen molar-refractivity contribution in [3.8, 4) is 0 Å². The summed E-state index contributed by atoms with van der Waals surface area (Å²) in [6.07, 6.45) is 4.17. The Morgan fingerprint density at radius 3 is 2.88 bits per heavy atom. The molecule has 2 unspecified atom stereocenters. The summed E-state index contributed by atoms with van der Waals surface area (Å²) in [6.45, 7) is 2.18. The van der Waals surface area contributed by atoms with Gasteiger partial charge in [0.25, 0.3) is 0 Å². The second kappa shape index (κ2) is 5.30. The molecule has 2 rings (SSSR count). The lowest BCUT2D eigenvalue weighted by molar-refractivity contribution is 0.0867. The Morgan fingerprint density at radius 2 is 2.18 bits per heavy atom. The maximum Gasteiger partial charge on any atom is 0.167 e. The number of benzene rings is 1. The third-order valence-electron chi connectivity index (χ3n) is 3.50. The van der Waals surface area contributed by atoms with Crippen molar-refractivity contribution in [2.24, 2.45) is 11.8 Å². The van der Waals surface area contributed by atoms with E-state index in [1.54, 1.807) is 6.07 Å². The molecular formula is C14H16BrFO. The Morgan fingerprint density at radius 1 is 1.41 bits per heavy atom. The number of carbonyl (C=O) groups is 1. The molecule has 1 aliphatic carbocycles. The number of hydrogen-bond acceptors (Lipinski definition) is 1. The lowest BCUT2D eigenvalue weighted by atomic mass is 9.79. The Kier molecular flexibility index (Phi) is 3.97. The SMILES string of the molecule is CC1CCCC(C(=O)c2cc(F)ccc2Br)C1. The zero-order chi connectivity index (χ0) is 12.4. The molecule has 2 atom stereocenters. The van der Waals surface area contributed by atoms with Gasteiger partial charge in [-0.1, -0.05) is 35.7 Å². The monoisotopic (exact) mass is 298 g/mol. The highest BCUT2D eigenvalue weighted by molar-refractivity contribution is 9.10. The predicted octanol–water partition coefficient (Wildman–Crippen LogP) is 4.60. The van der Waals surface area contributed by atoms with Crippen LogP contribution in [0.2, 0.25) is 0 Å². The van der Waals surface area contributed by atoms with Gasteiger partial charge in [0, 0.05) is 16.0 Å². The van der Waals surface area contributed by atoms with Crippen molar-refractivity contribution >= 4 is 21.7 Å². The third kappa shape index (κ3) is 2.95. The summed E-state index contributed by atoms with van der Waals surface area (Å²) in [5.74, 6) is 0.408. The fraction of sp³-hybridized carbons (Fsp3) is 0.500. The van der Waals surface area contributed by atoms with Crippen LogP contribution < -0.4 is 0 Å². The van der Waals surface area contributed by atoms with E-state index >= 15 is 0 Å². The first-order chi connectivity index (χ1) is 8.08. The Bertz CT molecular complexity index is 430. The van der Waals surface area contributed by atoms with E-state index in [-0.39, 0.29) is 17.5 Å². The molecule has 1 fully saturated rings. The van der Waals surface area contributed by atoms with Crippen LogP contribution in [0.25, 0.3) is 0 Å². The van der Waals surface area contributed by atoms with E-state index in [9.17, 15) is 9.18 Å². The number of halogens is 2. The summed E-state index contributed by atoms with van der Waals surface area (Å²) in [7, 11) is 0. The molecule has 0 aromatic heterocycles. The molecule has 0 amide bonds. The van der Waals surface area contributed by atoms with Crippen molar-refractivity contribution < 1.29 is 9.18 Å². The summed E-state index contributed by atoms with van der Waals surface area (Å²) in [4.78, 5) is 12.3. The maximum absolute atomic E-state index is 13.2. The van der Waals surface area contributed by atoms with Crippen LogP contribution in [0.15, 0.2) is 22.7 Å². The molecule has 1 aromatic rings. The number of Topliss-reactive ketones (excluding diaryl/α,β-unsaturated/α-hetero) is 1. The topological polar surface area (TPSA) is 17.1 Å². The molecule has 1 nitrogen and oxygen atoms in total. The summed E-state index contributed by atoms with van der Waals surface area (Å²) >= 11 is 3.33. The molecule has 3 heteroatoms. The van der Waals surface area contributed by atoms with E-state index in [1.807, 2.05) is 0 Å². The van der Waals surface area contributed by atoms with Crippen LogP contribution in [0, 0.1) is 17.7 Å². The van der Waals surface area contributed by atoms with Crippen LogP contribution in [0.4, 0.5) is 4.39 Å². The maximum atomic E-state index is 13.2. The molecule has 17 heavy (non-hydrogen) atoms. The highest BCUT2D eigenvalue weighted by Crippen LogP contribution is 2.32. The molecule has 0 radical (unpaired) electrons. The van der Waals surface area contributed by atoms with Crippen molar-refractivity contribution in [3.63, 3.8) is 0 Å². The number of rotatable bonds is 2. The lowest BCUT2D eigenvalue weighted by Crippen LogP contribution is -2.22. The number of hydrogen-bond donors (Lipinski definition) is 0. The number of ketones is 1. The molecule has 0 aliphatic heterocycles. The van der Waals surface area contributed by atoms with E-state index < -0.39 is 0 Å². The molecule has 1 saturated carbocycles. The second-order valence-corrected chi connectivity index (χ2v) is 5.81. The van der Waals surface area contributed by atoms with Crippen molar-refractivity contribution in [1.29, 1.82) is 0 Å². The molecule has 0 bridgehead atoms. The van der Waals surface area contributed by atoms with Crippen molar-refractivity contribution in [3.05, 3.63) is 34.1 Å². The summed E-state index contributed by atoms with van der Waals surface area (Å²) in [5.41, 5.74) is 0.490. The predicted molar refractivity (Wildman–Crippen MR) is 69.6 cm³/mol. The van der Waals surface area contributed by atoms with E-state index in [1.165, 1.54) is 18.6 Å². The van der Waals surface area contributed by atoms with Crippen LogP contribution in [0.5, 0.6) is 0 Å². The third-order valence-corrected chi connectivity index (χ3v) is 4.19. The highest BCUT2D eigenvalue weighted by Gasteiger charge is 2.27. The van der Waals surface area contributed by atoms with E-state index in [2.05, 4.69) is 22.9 Å². The Labute approximate surface area is 110 Å². The van der Waals surface area contributed by atoms with Crippen molar-refractivity contribution in [2.75, 3.05) is 0 Å². The van der Waals surface area contributed by atoms with Crippen LogP contribution in [-0.2, 0) is 0 Å². The second-order valence-electron chi connectivity index (χ2n) is 4.96. The van der Waals surface area contributed by atoms with Crippen LogP contribution in [-0.4, -0.2) is 5.78 Å². The van der Waals surface area contributed by atoms with Gasteiger partial charge in [-0.15, -0.1) is 0 Å². The van der Waals surface area contributed by atoms with Gasteiger partial charge in [0.2, 0.25) is 0 Å². The molecule has 0 spiro atoms. The van der Waals surface area contributed by atoms with Crippen LogP contribution in [0.1, 0.15) is 43.0 Å². The van der Waals surface area contributed by atoms with Crippen molar-refractivity contribution in [2.45, 2.75) is 32.6 Å². The zero-order valence-corrected chi connectivity index (χ0v) is 11.5. The largest absolute Gasteiger partial charge is 0.294 e. The Balaban J connectivity index is 2.21. The lowest BCUT2D eigenvalue weighted by Gasteiger charge is -2.25. The summed E-state index contributed by atoms with van der Waals surface area (Å²) in [6, 6.07) is 4.31. The number of carbonyl (C=O) groups excluding carboxylic acids is 1.